The molecule has 3 aromatic heterocycles. The van der Waals surface area contributed by atoms with E-state index in [2.05, 4.69) is 14.4 Å². The summed E-state index contributed by atoms with van der Waals surface area (Å²) in [5, 5.41) is 13.8. The van der Waals surface area contributed by atoms with E-state index in [0.29, 0.717) is 16.6 Å². The highest BCUT2D eigenvalue weighted by atomic mass is 32.2. The average Bonchev–Trinajstić information content (AvgIpc) is 3.29. The molecule has 0 unspecified atom stereocenters. The van der Waals surface area contributed by atoms with Crippen LogP contribution in [0.4, 0.5) is 11.4 Å². The molecule has 0 atom stereocenters. The van der Waals surface area contributed by atoms with Gasteiger partial charge in [-0.05, 0) is 42.0 Å². The summed E-state index contributed by atoms with van der Waals surface area (Å²) in [4.78, 5) is 13.3. The Kier molecular flexibility index (Phi) is 5.18. The van der Waals surface area contributed by atoms with Gasteiger partial charge in [-0.25, -0.2) is 8.42 Å². The minimum Gasteiger partial charge on any atom is -0.494 e. The lowest BCUT2D eigenvalue weighted by Crippen LogP contribution is -2.30. The number of fused-ring (bicyclic) bond motifs is 2. The lowest BCUT2D eigenvalue weighted by atomic mass is 10.0. The van der Waals surface area contributed by atoms with Crippen molar-refractivity contribution in [1.82, 2.24) is 4.40 Å². The molecular formula is C22H18N4O7S2. The van der Waals surface area contributed by atoms with Crippen molar-refractivity contribution in [3.05, 3.63) is 88.1 Å². The molecule has 0 fully saturated rings. The highest BCUT2D eigenvalue weighted by Crippen LogP contribution is 2.32. The van der Waals surface area contributed by atoms with Crippen LogP contribution in [-0.2, 0) is 26.5 Å². The van der Waals surface area contributed by atoms with Gasteiger partial charge in [0.05, 0.1) is 30.0 Å². The number of sulfonamides is 2. The number of nitrogens with one attached hydrogen (secondary N) is 2. The van der Waals surface area contributed by atoms with Crippen molar-refractivity contribution >= 4 is 42.8 Å². The van der Waals surface area contributed by atoms with Gasteiger partial charge in [0.2, 0.25) is 21.3 Å². The predicted octanol–water partition coefficient (Wildman–Crippen LogP) is 2.12. The first kappa shape index (κ1) is 22.7. The fourth-order valence-electron chi connectivity index (χ4n) is 3.89. The fourth-order valence-corrected chi connectivity index (χ4v) is 5.59. The first-order valence-corrected chi connectivity index (χ1v) is 13.5. The number of anilines is 2. The third-order valence-electron chi connectivity index (χ3n) is 5.35. The number of nitrogens with zero attached hydrogens (tertiary/aromatic N) is 2. The zero-order valence-electron chi connectivity index (χ0n) is 18.1. The van der Waals surface area contributed by atoms with Crippen molar-refractivity contribution in [2.24, 2.45) is 4.40 Å². The van der Waals surface area contributed by atoms with E-state index in [9.17, 15) is 26.7 Å². The second kappa shape index (κ2) is 7.99. The van der Waals surface area contributed by atoms with Gasteiger partial charge >= 0.3 is 0 Å². The van der Waals surface area contributed by atoms with Gasteiger partial charge in [-0.1, -0.05) is 6.07 Å². The Morgan fingerprint density at radius 2 is 2.00 bits per heavy atom. The van der Waals surface area contributed by atoms with E-state index in [1.54, 1.807) is 30.5 Å². The van der Waals surface area contributed by atoms with Crippen LogP contribution in [0.1, 0.15) is 16.7 Å². The van der Waals surface area contributed by atoms with Gasteiger partial charge < -0.3 is 14.8 Å². The molecule has 0 radical (unpaired) electrons. The summed E-state index contributed by atoms with van der Waals surface area (Å²) in [5.41, 5.74) is 0.645. The van der Waals surface area contributed by atoms with Crippen LogP contribution in [-0.4, -0.2) is 38.4 Å². The molecule has 0 bridgehead atoms. The van der Waals surface area contributed by atoms with E-state index in [1.807, 2.05) is 0 Å². The largest absolute Gasteiger partial charge is 0.494 e. The van der Waals surface area contributed by atoms with Crippen LogP contribution < -0.4 is 15.5 Å². The average molecular weight is 515 g/mol. The zero-order valence-corrected chi connectivity index (χ0v) is 19.7. The molecular weight excluding hydrogens is 496 g/mol. The van der Waals surface area contributed by atoms with Gasteiger partial charge in [-0.15, -0.1) is 4.40 Å². The van der Waals surface area contributed by atoms with Crippen LogP contribution in [0, 0.1) is 0 Å². The van der Waals surface area contributed by atoms with Gasteiger partial charge in [0, 0.05) is 23.9 Å². The standard InChI is InChI=1S/C22H18N4O7S2/c1-34(29,30)24-14-5-6-16-18(11-14)35(31,32)25-21(23-16)19-20(27)15(10-13-7-9-33-12-13)17-4-2-3-8-26(17)22(19)28/h2-9,11-12,24,28H,10H2,1H3,(H,23,25). The number of benzene rings is 1. The molecule has 4 heterocycles. The van der Waals surface area contributed by atoms with E-state index >= 15 is 0 Å². The van der Waals surface area contributed by atoms with Crippen LogP contribution >= 0.6 is 0 Å². The number of aromatic hydroxyl groups is 1. The first-order valence-electron chi connectivity index (χ1n) is 10.1. The Balaban J connectivity index is 1.69. The first-order chi connectivity index (χ1) is 16.5. The Morgan fingerprint density at radius 1 is 1.20 bits per heavy atom. The predicted molar refractivity (Wildman–Crippen MR) is 129 cm³/mol. The fraction of sp³-hybridized carbons (Fsp3) is 0.0909. The van der Waals surface area contributed by atoms with Crippen LogP contribution in [0.2, 0.25) is 0 Å². The molecule has 4 aromatic rings. The normalized spacial score (nSPS) is 14.7. The number of hydrogen-bond acceptors (Lipinski definition) is 8. The Labute approximate surface area is 199 Å². The number of aromatic nitrogens is 1. The smallest absolute Gasteiger partial charge is 0.286 e. The molecule has 180 valence electrons. The van der Waals surface area contributed by atoms with E-state index < -0.39 is 31.4 Å². The number of hydrogen-bond donors (Lipinski definition) is 3. The van der Waals surface area contributed by atoms with Crippen molar-refractivity contribution in [2.45, 2.75) is 11.3 Å². The van der Waals surface area contributed by atoms with E-state index in [0.717, 1.165) is 12.3 Å². The second-order valence-electron chi connectivity index (χ2n) is 7.90. The third kappa shape index (κ3) is 4.15. The van der Waals surface area contributed by atoms with E-state index in [1.165, 1.54) is 29.1 Å². The van der Waals surface area contributed by atoms with Gasteiger partial charge in [0.15, 0.2) is 5.84 Å². The second-order valence-corrected chi connectivity index (χ2v) is 11.2. The molecule has 1 aromatic carbocycles. The van der Waals surface area contributed by atoms with Gasteiger partial charge in [0.1, 0.15) is 10.5 Å². The lowest BCUT2D eigenvalue weighted by Gasteiger charge is -2.21. The lowest BCUT2D eigenvalue weighted by molar-refractivity contribution is 0.443. The molecule has 13 heteroatoms. The van der Waals surface area contributed by atoms with E-state index in [-0.39, 0.29) is 34.1 Å². The summed E-state index contributed by atoms with van der Waals surface area (Å²) in [5.74, 6) is -0.836. The van der Waals surface area contributed by atoms with Crippen molar-refractivity contribution in [3.8, 4) is 5.88 Å². The SMILES string of the molecule is CS(=O)(=O)Nc1ccc2c(c1)S(=O)(=O)N=C(c1c(O)n3ccccc3c(Cc3ccoc3)c1=O)N2. The third-order valence-corrected chi connectivity index (χ3v) is 7.27. The monoisotopic (exact) mass is 514 g/mol. The maximum atomic E-state index is 13.6. The summed E-state index contributed by atoms with van der Waals surface area (Å²) in [6.07, 6.45) is 5.62. The molecule has 0 spiro atoms. The molecule has 0 aliphatic carbocycles. The summed E-state index contributed by atoms with van der Waals surface area (Å²) in [6.45, 7) is 0. The number of furan rings is 1. The van der Waals surface area contributed by atoms with Gasteiger partial charge in [-0.3, -0.25) is 13.9 Å². The quantitative estimate of drug-likeness (QED) is 0.365. The molecule has 1 aliphatic rings. The number of pyridine rings is 2. The maximum Gasteiger partial charge on any atom is 0.286 e. The highest BCUT2D eigenvalue weighted by molar-refractivity contribution is 7.92. The summed E-state index contributed by atoms with van der Waals surface area (Å²) in [6, 6.07) is 10.6. The highest BCUT2D eigenvalue weighted by Gasteiger charge is 2.30. The Morgan fingerprint density at radius 3 is 2.71 bits per heavy atom. The zero-order chi connectivity index (χ0) is 25.0. The Hall–Kier alpha value is -4.10. The van der Waals surface area contributed by atoms with Crippen molar-refractivity contribution in [1.29, 1.82) is 0 Å². The molecule has 3 N–H and O–H groups in total. The number of rotatable bonds is 5. The van der Waals surface area contributed by atoms with Crippen LogP contribution in [0.15, 0.2) is 79.7 Å². The molecule has 0 saturated heterocycles. The summed E-state index contributed by atoms with van der Waals surface area (Å²) < 4.78 is 61.4. The summed E-state index contributed by atoms with van der Waals surface area (Å²) >= 11 is 0. The molecule has 11 nitrogen and oxygen atoms in total. The van der Waals surface area contributed by atoms with Crippen LogP contribution in [0.5, 0.6) is 5.88 Å². The minimum absolute atomic E-state index is 0.0336. The molecule has 1 aliphatic heterocycles. The molecule has 0 amide bonds. The van der Waals surface area contributed by atoms with Gasteiger partial charge in [-0.2, -0.15) is 8.42 Å². The van der Waals surface area contributed by atoms with Crippen LogP contribution in [0.3, 0.4) is 0 Å². The maximum absolute atomic E-state index is 13.6. The van der Waals surface area contributed by atoms with Crippen molar-refractivity contribution < 1.29 is 26.4 Å². The van der Waals surface area contributed by atoms with Crippen molar-refractivity contribution in [3.63, 3.8) is 0 Å². The van der Waals surface area contributed by atoms with Crippen LogP contribution in [0.25, 0.3) is 5.52 Å². The Bertz CT molecular complexity index is 1790. The van der Waals surface area contributed by atoms with E-state index in [4.69, 9.17) is 4.42 Å². The van der Waals surface area contributed by atoms with Gasteiger partial charge in [0.25, 0.3) is 10.0 Å². The summed E-state index contributed by atoms with van der Waals surface area (Å²) in [7, 11) is -7.99. The topological polar surface area (TPSA) is 160 Å². The molecule has 0 saturated carbocycles. The molecule has 5 rings (SSSR count). The minimum atomic E-state index is -4.35. The van der Waals surface area contributed by atoms with Crippen molar-refractivity contribution in [2.75, 3.05) is 16.3 Å². The number of amidine groups is 1. The molecule has 35 heavy (non-hydrogen) atoms.